The van der Waals surface area contributed by atoms with Gasteiger partial charge in [-0.3, -0.25) is 13.9 Å². The second-order valence-corrected chi connectivity index (χ2v) is 11.1. The maximum Gasteiger partial charge on any atom is 0.242 e. The summed E-state index contributed by atoms with van der Waals surface area (Å²) < 4.78 is 26.0. The molecular weight excluding hydrogens is 474 g/mol. The van der Waals surface area contributed by atoms with Crippen LogP contribution in [0.2, 0.25) is 5.02 Å². The van der Waals surface area contributed by atoms with E-state index in [1.807, 2.05) is 45.0 Å². The minimum absolute atomic E-state index is 0.0492. The predicted octanol–water partition coefficient (Wildman–Crippen LogP) is 4.14. The van der Waals surface area contributed by atoms with Gasteiger partial charge in [-0.05, 0) is 57.9 Å². The number of sulfonamides is 1. The Labute approximate surface area is 208 Å². The molecule has 0 aliphatic carbocycles. The molecule has 0 aliphatic heterocycles. The normalized spacial score (nSPS) is 12.3. The van der Waals surface area contributed by atoms with E-state index >= 15 is 0 Å². The van der Waals surface area contributed by atoms with Crippen molar-refractivity contribution in [3.05, 3.63) is 64.7 Å². The molecule has 186 valence electrons. The highest BCUT2D eigenvalue weighted by Gasteiger charge is 2.27. The lowest BCUT2D eigenvalue weighted by Crippen LogP contribution is -2.49. The number of carbonyl (C=O) groups excluding carboxylic acids is 2. The van der Waals surface area contributed by atoms with Crippen molar-refractivity contribution in [2.75, 3.05) is 17.1 Å². The van der Waals surface area contributed by atoms with Crippen LogP contribution < -0.4 is 9.62 Å². The van der Waals surface area contributed by atoms with Crippen LogP contribution in [0.5, 0.6) is 0 Å². The fraction of sp³-hybridized carbons (Fsp3) is 0.440. The summed E-state index contributed by atoms with van der Waals surface area (Å²) in [6.45, 7) is 7.83. The summed E-state index contributed by atoms with van der Waals surface area (Å²) in [5.41, 5.74) is 2.44. The van der Waals surface area contributed by atoms with Crippen LogP contribution in [-0.2, 0) is 26.2 Å². The number of carbonyl (C=O) groups is 2. The Morgan fingerprint density at radius 2 is 1.74 bits per heavy atom. The van der Waals surface area contributed by atoms with E-state index in [1.165, 1.54) is 4.31 Å². The molecule has 34 heavy (non-hydrogen) atoms. The van der Waals surface area contributed by atoms with Crippen LogP contribution in [-0.4, -0.2) is 50.0 Å². The summed E-state index contributed by atoms with van der Waals surface area (Å²) in [7, 11) is -3.56. The highest BCUT2D eigenvalue weighted by Crippen LogP contribution is 2.22. The third-order valence-electron chi connectivity index (χ3n) is 5.28. The van der Waals surface area contributed by atoms with Crippen molar-refractivity contribution in [1.82, 2.24) is 10.2 Å². The van der Waals surface area contributed by atoms with Gasteiger partial charge in [-0.1, -0.05) is 47.5 Å². The predicted molar refractivity (Wildman–Crippen MR) is 137 cm³/mol. The highest BCUT2D eigenvalue weighted by atomic mass is 35.5. The molecule has 1 atom stereocenters. The third kappa shape index (κ3) is 8.33. The van der Waals surface area contributed by atoms with E-state index in [9.17, 15) is 18.0 Å². The topological polar surface area (TPSA) is 86.8 Å². The summed E-state index contributed by atoms with van der Waals surface area (Å²) in [4.78, 5) is 27.5. The van der Waals surface area contributed by atoms with Crippen LogP contribution in [0.15, 0.2) is 48.5 Å². The quantitative estimate of drug-likeness (QED) is 0.495. The SMILES string of the molecule is Cc1cccc(CN(C(=O)CCCN(c2cccc(Cl)c2)S(C)(=O)=O)[C@H](C)C(=O)NC(C)C)c1. The first-order chi connectivity index (χ1) is 15.9. The van der Waals surface area contributed by atoms with E-state index in [1.54, 1.807) is 36.1 Å². The zero-order valence-electron chi connectivity index (χ0n) is 20.4. The van der Waals surface area contributed by atoms with Crippen molar-refractivity contribution >= 4 is 39.1 Å². The molecule has 2 aromatic carbocycles. The minimum Gasteiger partial charge on any atom is -0.352 e. The first-order valence-corrected chi connectivity index (χ1v) is 13.5. The van der Waals surface area contributed by atoms with Gasteiger partial charge in [0.2, 0.25) is 21.8 Å². The van der Waals surface area contributed by atoms with E-state index < -0.39 is 16.1 Å². The molecule has 0 fully saturated rings. The van der Waals surface area contributed by atoms with Gasteiger partial charge in [0, 0.05) is 30.6 Å². The van der Waals surface area contributed by atoms with Gasteiger partial charge in [0.25, 0.3) is 0 Å². The Morgan fingerprint density at radius 3 is 2.32 bits per heavy atom. The molecule has 0 aliphatic rings. The summed E-state index contributed by atoms with van der Waals surface area (Å²) in [6.07, 6.45) is 1.51. The maximum atomic E-state index is 13.2. The molecule has 0 bridgehead atoms. The van der Waals surface area contributed by atoms with Gasteiger partial charge in [0.1, 0.15) is 6.04 Å². The number of nitrogens with one attached hydrogen (secondary N) is 1. The fourth-order valence-electron chi connectivity index (χ4n) is 3.63. The second-order valence-electron chi connectivity index (χ2n) is 8.77. The van der Waals surface area contributed by atoms with Crippen LogP contribution in [0.1, 0.15) is 44.7 Å². The summed E-state index contributed by atoms with van der Waals surface area (Å²) in [5.74, 6) is -0.444. The molecule has 0 spiro atoms. The van der Waals surface area contributed by atoms with Crippen molar-refractivity contribution in [2.45, 2.75) is 59.2 Å². The molecule has 0 heterocycles. The van der Waals surface area contributed by atoms with Gasteiger partial charge < -0.3 is 10.2 Å². The Hall–Kier alpha value is -2.58. The maximum absolute atomic E-state index is 13.2. The van der Waals surface area contributed by atoms with Crippen LogP contribution in [0.25, 0.3) is 0 Å². The van der Waals surface area contributed by atoms with Crippen molar-refractivity contribution in [3.8, 4) is 0 Å². The number of anilines is 1. The molecule has 2 rings (SSSR count). The molecule has 1 N–H and O–H groups in total. The number of hydrogen-bond acceptors (Lipinski definition) is 4. The van der Waals surface area contributed by atoms with Crippen LogP contribution in [0.3, 0.4) is 0 Å². The molecular formula is C25H34ClN3O4S. The second kappa shape index (κ2) is 12.2. The number of rotatable bonds is 11. The summed E-state index contributed by atoms with van der Waals surface area (Å²) in [6, 6.07) is 13.7. The molecule has 7 nitrogen and oxygen atoms in total. The van der Waals surface area contributed by atoms with Crippen molar-refractivity contribution in [3.63, 3.8) is 0 Å². The molecule has 9 heteroatoms. The lowest BCUT2D eigenvalue weighted by Gasteiger charge is -2.30. The molecule has 2 amide bonds. The molecule has 0 saturated carbocycles. The minimum atomic E-state index is -3.56. The first kappa shape index (κ1) is 27.7. The Balaban J connectivity index is 2.17. The Bertz CT molecular complexity index is 1100. The molecule has 0 aromatic heterocycles. The van der Waals surface area contributed by atoms with Gasteiger partial charge in [-0.15, -0.1) is 0 Å². The monoisotopic (exact) mass is 507 g/mol. The zero-order valence-corrected chi connectivity index (χ0v) is 22.0. The van der Waals surface area contributed by atoms with Gasteiger partial charge in [-0.25, -0.2) is 8.42 Å². The van der Waals surface area contributed by atoms with E-state index in [-0.39, 0.29) is 37.4 Å². The lowest BCUT2D eigenvalue weighted by atomic mass is 10.1. The van der Waals surface area contributed by atoms with Crippen LogP contribution in [0, 0.1) is 6.92 Å². The third-order valence-corrected chi connectivity index (χ3v) is 6.71. The largest absolute Gasteiger partial charge is 0.352 e. The van der Waals surface area contributed by atoms with Gasteiger partial charge in [-0.2, -0.15) is 0 Å². The first-order valence-electron chi connectivity index (χ1n) is 11.3. The highest BCUT2D eigenvalue weighted by molar-refractivity contribution is 7.92. The fourth-order valence-corrected chi connectivity index (χ4v) is 4.77. The van der Waals surface area contributed by atoms with Crippen molar-refractivity contribution < 1.29 is 18.0 Å². The van der Waals surface area contributed by atoms with Gasteiger partial charge in [0.05, 0.1) is 11.9 Å². The summed E-state index contributed by atoms with van der Waals surface area (Å²) >= 11 is 6.03. The number of nitrogens with zero attached hydrogens (tertiary/aromatic N) is 2. The smallest absolute Gasteiger partial charge is 0.242 e. The standard InChI is InChI=1S/C25H34ClN3O4S/c1-18(2)27-25(31)20(4)28(17-21-10-6-9-19(3)15-21)24(30)13-8-14-29(34(5,32)33)23-12-7-11-22(26)16-23/h6-7,9-12,15-16,18,20H,8,13-14,17H2,1-5H3,(H,27,31)/t20-/m1/s1. The number of halogens is 1. The molecule has 2 aromatic rings. The molecule has 0 saturated heterocycles. The van der Waals surface area contributed by atoms with Crippen LogP contribution >= 0.6 is 11.6 Å². The average Bonchev–Trinajstić information content (AvgIpc) is 2.73. The Morgan fingerprint density at radius 1 is 1.06 bits per heavy atom. The van der Waals surface area contributed by atoms with Crippen molar-refractivity contribution in [1.29, 1.82) is 0 Å². The number of aryl methyl sites for hydroxylation is 1. The number of hydrogen-bond donors (Lipinski definition) is 1. The van der Waals surface area contributed by atoms with Crippen LogP contribution in [0.4, 0.5) is 5.69 Å². The lowest BCUT2D eigenvalue weighted by molar-refractivity contribution is -0.140. The van der Waals surface area contributed by atoms with E-state index in [0.717, 1.165) is 17.4 Å². The van der Waals surface area contributed by atoms with E-state index in [2.05, 4.69) is 5.32 Å². The van der Waals surface area contributed by atoms with Gasteiger partial charge >= 0.3 is 0 Å². The zero-order chi connectivity index (χ0) is 25.5. The van der Waals surface area contributed by atoms with Gasteiger partial charge in [0.15, 0.2) is 0 Å². The summed E-state index contributed by atoms with van der Waals surface area (Å²) in [5, 5.41) is 3.29. The van der Waals surface area contributed by atoms with E-state index in [0.29, 0.717) is 17.1 Å². The number of benzene rings is 2. The van der Waals surface area contributed by atoms with Crippen molar-refractivity contribution in [2.24, 2.45) is 0 Å². The average molecular weight is 508 g/mol. The molecule has 0 radical (unpaired) electrons. The Kier molecular flexibility index (Phi) is 9.94. The molecule has 0 unspecified atom stereocenters. The van der Waals surface area contributed by atoms with E-state index in [4.69, 9.17) is 11.6 Å². The number of amides is 2.